The van der Waals surface area contributed by atoms with E-state index in [1.54, 1.807) is 21.3 Å². The second kappa shape index (κ2) is 11.2. The minimum absolute atomic E-state index is 0.0456. The lowest BCUT2D eigenvalue weighted by atomic mass is 10.2. The van der Waals surface area contributed by atoms with E-state index in [1.807, 2.05) is 37.1 Å². The van der Waals surface area contributed by atoms with Crippen LogP contribution in [0.1, 0.15) is 25.3 Å². The zero-order valence-electron chi connectivity index (χ0n) is 15.9. The van der Waals surface area contributed by atoms with Crippen molar-refractivity contribution in [3.63, 3.8) is 0 Å². The number of carbonyl (C=O) groups is 1. The summed E-state index contributed by atoms with van der Waals surface area (Å²) in [5.41, 5.74) is 1.02. The molecular formula is C18H30N4O3. The van der Waals surface area contributed by atoms with Crippen molar-refractivity contribution in [1.82, 2.24) is 15.5 Å². The monoisotopic (exact) mass is 350 g/mol. The molecule has 140 valence electrons. The number of nitrogens with zero attached hydrogens (tertiary/aromatic N) is 2. The molecule has 1 aromatic carbocycles. The van der Waals surface area contributed by atoms with Crippen molar-refractivity contribution < 1.29 is 14.3 Å². The van der Waals surface area contributed by atoms with Crippen LogP contribution in [0, 0.1) is 0 Å². The predicted molar refractivity (Wildman–Crippen MR) is 100 cm³/mol. The maximum Gasteiger partial charge on any atom is 0.221 e. The fraction of sp³-hybridized carbons (Fsp3) is 0.556. The van der Waals surface area contributed by atoms with Crippen molar-refractivity contribution in [2.24, 2.45) is 4.99 Å². The summed E-state index contributed by atoms with van der Waals surface area (Å²) in [6.07, 6.45) is 1.35. The Kier molecular flexibility index (Phi) is 9.21. The molecule has 0 saturated carbocycles. The number of aliphatic imine (C=N–C) groups is 1. The predicted octanol–water partition coefficient (Wildman–Crippen LogP) is 1.63. The number of nitrogens with one attached hydrogen (secondary N) is 2. The average Bonchev–Trinajstić information content (AvgIpc) is 2.63. The summed E-state index contributed by atoms with van der Waals surface area (Å²) in [5, 5.41) is 6.06. The summed E-state index contributed by atoms with van der Waals surface area (Å²) < 4.78 is 10.7. The topological polar surface area (TPSA) is 75.2 Å². The molecular weight excluding hydrogens is 320 g/mol. The van der Waals surface area contributed by atoms with Crippen molar-refractivity contribution in [3.8, 4) is 11.5 Å². The van der Waals surface area contributed by atoms with E-state index in [1.165, 1.54) is 0 Å². The summed E-state index contributed by atoms with van der Waals surface area (Å²) in [6.45, 7) is 3.90. The van der Waals surface area contributed by atoms with Crippen LogP contribution in [-0.4, -0.2) is 58.2 Å². The second-order valence-corrected chi connectivity index (χ2v) is 5.61. The van der Waals surface area contributed by atoms with Crippen LogP contribution < -0.4 is 20.1 Å². The van der Waals surface area contributed by atoms with Crippen LogP contribution in [0.4, 0.5) is 0 Å². The first kappa shape index (κ1) is 20.6. The largest absolute Gasteiger partial charge is 0.497 e. The van der Waals surface area contributed by atoms with Crippen LogP contribution >= 0.6 is 0 Å². The van der Waals surface area contributed by atoms with E-state index in [9.17, 15) is 4.79 Å². The third kappa shape index (κ3) is 6.91. The highest BCUT2D eigenvalue weighted by Gasteiger charge is 2.11. The number of rotatable bonds is 9. The fourth-order valence-corrected chi connectivity index (χ4v) is 2.34. The number of carbonyl (C=O) groups excluding carboxylic acids is 1. The molecule has 0 fully saturated rings. The van der Waals surface area contributed by atoms with Crippen LogP contribution in [0.2, 0.25) is 0 Å². The molecule has 0 aliphatic carbocycles. The highest BCUT2D eigenvalue weighted by Crippen LogP contribution is 2.25. The summed E-state index contributed by atoms with van der Waals surface area (Å²) in [4.78, 5) is 17.9. The summed E-state index contributed by atoms with van der Waals surface area (Å²) >= 11 is 0. The van der Waals surface area contributed by atoms with Gasteiger partial charge in [-0.2, -0.15) is 0 Å². The van der Waals surface area contributed by atoms with Gasteiger partial charge < -0.3 is 25.0 Å². The van der Waals surface area contributed by atoms with Gasteiger partial charge in [-0.25, -0.2) is 0 Å². The first-order valence-corrected chi connectivity index (χ1v) is 8.45. The SMILES string of the molecule is CCCNC(=O)CCNC(=NC)N(C)Cc1ccc(OC)cc1OC. The highest BCUT2D eigenvalue weighted by molar-refractivity contribution is 5.81. The average molecular weight is 350 g/mol. The van der Waals surface area contributed by atoms with Crippen molar-refractivity contribution in [3.05, 3.63) is 23.8 Å². The number of hydrogen-bond acceptors (Lipinski definition) is 4. The molecule has 7 heteroatoms. The molecule has 0 aromatic heterocycles. The number of hydrogen-bond donors (Lipinski definition) is 2. The molecule has 0 aliphatic rings. The Labute approximate surface area is 150 Å². The lowest BCUT2D eigenvalue weighted by Crippen LogP contribution is -2.40. The standard InChI is InChI=1S/C18H30N4O3/c1-6-10-20-17(23)9-11-21-18(19-2)22(3)13-14-7-8-15(24-4)12-16(14)25-5/h7-8,12H,6,9-11,13H2,1-5H3,(H,19,21)(H,20,23). The Bertz CT molecular complexity index is 575. The first-order chi connectivity index (χ1) is 12.0. The Morgan fingerprint density at radius 2 is 1.96 bits per heavy atom. The van der Waals surface area contributed by atoms with Crippen LogP contribution in [-0.2, 0) is 11.3 Å². The Morgan fingerprint density at radius 1 is 1.20 bits per heavy atom. The summed E-state index contributed by atoms with van der Waals surface area (Å²) in [5.74, 6) is 2.29. The summed E-state index contributed by atoms with van der Waals surface area (Å²) in [6, 6.07) is 5.73. The van der Waals surface area contributed by atoms with Gasteiger partial charge in [0, 0.05) is 51.8 Å². The molecule has 0 bridgehead atoms. The highest BCUT2D eigenvalue weighted by atomic mass is 16.5. The van der Waals surface area contributed by atoms with Gasteiger partial charge in [-0.05, 0) is 18.6 Å². The minimum Gasteiger partial charge on any atom is -0.497 e. The van der Waals surface area contributed by atoms with Crippen molar-refractivity contribution >= 4 is 11.9 Å². The number of amides is 1. The molecule has 25 heavy (non-hydrogen) atoms. The quantitative estimate of drug-likeness (QED) is 0.523. The van der Waals surface area contributed by atoms with Crippen molar-refractivity contribution in [2.45, 2.75) is 26.3 Å². The molecule has 0 saturated heterocycles. The second-order valence-electron chi connectivity index (χ2n) is 5.61. The molecule has 0 aliphatic heterocycles. The van der Waals surface area contributed by atoms with Gasteiger partial charge in [0.25, 0.3) is 0 Å². The normalized spacial score (nSPS) is 11.0. The maximum absolute atomic E-state index is 11.6. The van der Waals surface area contributed by atoms with Gasteiger partial charge in [0.1, 0.15) is 11.5 Å². The molecule has 0 heterocycles. The van der Waals surface area contributed by atoms with Gasteiger partial charge in [-0.1, -0.05) is 6.92 Å². The van der Waals surface area contributed by atoms with Crippen molar-refractivity contribution in [1.29, 1.82) is 0 Å². The maximum atomic E-state index is 11.6. The Morgan fingerprint density at radius 3 is 2.56 bits per heavy atom. The van der Waals surface area contributed by atoms with Crippen LogP contribution in [0.15, 0.2) is 23.2 Å². The van der Waals surface area contributed by atoms with Crippen LogP contribution in [0.3, 0.4) is 0 Å². The smallest absolute Gasteiger partial charge is 0.221 e. The molecule has 1 rings (SSSR count). The van der Waals surface area contributed by atoms with E-state index in [4.69, 9.17) is 9.47 Å². The number of methoxy groups -OCH3 is 2. The molecule has 7 nitrogen and oxygen atoms in total. The molecule has 1 aromatic rings. The number of guanidine groups is 1. The van der Waals surface area contributed by atoms with Crippen molar-refractivity contribution in [2.75, 3.05) is 41.4 Å². The van der Waals surface area contributed by atoms with Crippen LogP contribution in [0.5, 0.6) is 11.5 Å². The number of benzene rings is 1. The number of ether oxygens (including phenoxy) is 2. The lowest BCUT2D eigenvalue weighted by Gasteiger charge is -2.23. The van der Waals surface area contributed by atoms with Gasteiger partial charge in [0.2, 0.25) is 5.91 Å². The third-order valence-corrected chi connectivity index (χ3v) is 3.68. The van der Waals surface area contributed by atoms with E-state index in [0.29, 0.717) is 26.1 Å². The van der Waals surface area contributed by atoms with Crippen LogP contribution in [0.25, 0.3) is 0 Å². The zero-order valence-corrected chi connectivity index (χ0v) is 15.9. The van der Waals surface area contributed by atoms with Gasteiger partial charge in [0.05, 0.1) is 14.2 Å². The summed E-state index contributed by atoms with van der Waals surface area (Å²) in [7, 11) is 6.93. The van der Waals surface area contributed by atoms with E-state index in [0.717, 1.165) is 29.4 Å². The van der Waals surface area contributed by atoms with E-state index in [2.05, 4.69) is 15.6 Å². The molecule has 0 spiro atoms. The minimum atomic E-state index is 0.0456. The first-order valence-electron chi connectivity index (χ1n) is 8.45. The third-order valence-electron chi connectivity index (χ3n) is 3.68. The lowest BCUT2D eigenvalue weighted by molar-refractivity contribution is -0.120. The van der Waals surface area contributed by atoms with Gasteiger partial charge in [-0.3, -0.25) is 9.79 Å². The van der Waals surface area contributed by atoms with E-state index in [-0.39, 0.29) is 5.91 Å². The Hall–Kier alpha value is -2.44. The molecule has 1 amide bonds. The van der Waals surface area contributed by atoms with E-state index >= 15 is 0 Å². The van der Waals surface area contributed by atoms with Gasteiger partial charge >= 0.3 is 0 Å². The molecule has 0 unspecified atom stereocenters. The molecule has 0 radical (unpaired) electrons. The zero-order chi connectivity index (χ0) is 18.7. The fourth-order valence-electron chi connectivity index (χ4n) is 2.34. The molecule has 2 N–H and O–H groups in total. The molecule has 0 atom stereocenters. The van der Waals surface area contributed by atoms with Gasteiger partial charge in [-0.15, -0.1) is 0 Å². The van der Waals surface area contributed by atoms with E-state index < -0.39 is 0 Å². The van der Waals surface area contributed by atoms with Gasteiger partial charge in [0.15, 0.2) is 5.96 Å². The Balaban J connectivity index is 2.59.